The highest BCUT2D eigenvalue weighted by atomic mass is 15.1. The van der Waals surface area contributed by atoms with E-state index in [4.69, 9.17) is 0 Å². The van der Waals surface area contributed by atoms with Gasteiger partial charge in [0.25, 0.3) is 0 Å². The molecule has 122 valence electrons. The lowest BCUT2D eigenvalue weighted by molar-refractivity contribution is 0.545. The van der Waals surface area contributed by atoms with E-state index >= 15 is 0 Å². The van der Waals surface area contributed by atoms with Crippen LogP contribution in [0.2, 0.25) is 0 Å². The molecule has 0 aromatic carbocycles. The first-order chi connectivity index (χ1) is 10.4. The van der Waals surface area contributed by atoms with Crippen LogP contribution in [0.25, 0.3) is 0 Å². The number of likely N-dealkylation sites (N-methyl/N-ethyl adjacent to an activating group) is 1. The van der Waals surface area contributed by atoms with Crippen molar-refractivity contribution in [1.82, 2.24) is 4.90 Å². The number of hydrogen-bond acceptors (Lipinski definition) is 1. The molecule has 2 rings (SSSR count). The van der Waals surface area contributed by atoms with E-state index in [0.717, 1.165) is 0 Å². The Morgan fingerprint density at radius 3 is 1.67 bits per heavy atom. The van der Waals surface area contributed by atoms with E-state index in [-0.39, 0.29) is 0 Å². The van der Waals surface area contributed by atoms with Crippen molar-refractivity contribution in [1.29, 1.82) is 0 Å². The largest absolute Gasteiger partial charge is 0.345 e. The van der Waals surface area contributed by atoms with Crippen molar-refractivity contribution in [2.75, 3.05) is 7.05 Å². The Labute approximate surface area is 134 Å². The van der Waals surface area contributed by atoms with Crippen LogP contribution in [0, 0.1) is 0 Å². The Morgan fingerprint density at radius 2 is 1.14 bits per heavy atom. The molecule has 1 heteroatoms. The van der Waals surface area contributed by atoms with Gasteiger partial charge in [-0.05, 0) is 44.3 Å². The molecule has 0 aromatic heterocycles. The lowest BCUT2D eigenvalue weighted by Crippen LogP contribution is -2.15. The Kier molecular flexibility index (Phi) is 17.7. The number of rotatable bonds is 2. The van der Waals surface area contributed by atoms with Gasteiger partial charge in [0.05, 0.1) is 0 Å². The van der Waals surface area contributed by atoms with Gasteiger partial charge in [-0.3, -0.25) is 0 Å². The molecule has 21 heavy (non-hydrogen) atoms. The normalized spacial score (nSPS) is 15.6. The fraction of sp³-hybridized carbons (Fsp3) is 0.600. The summed E-state index contributed by atoms with van der Waals surface area (Å²) >= 11 is 0. The van der Waals surface area contributed by atoms with E-state index in [1.807, 2.05) is 41.5 Å². The van der Waals surface area contributed by atoms with Crippen LogP contribution in [0.4, 0.5) is 0 Å². The maximum Gasteiger partial charge on any atom is 0.0364 e. The van der Waals surface area contributed by atoms with E-state index in [0.29, 0.717) is 0 Å². The Morgan fingerprint density at radius 1 is 0.667 bits per heavy atom. The highest BCUT2D eigenvalue weighted by molar-refractivity contribution is 5.30. The molecule has 1 nitrogen and oxygen atoms in total. The highest BCUT2D eigenvalue weighted by Crippen LogP contribution is 2.20. The summed E-state index contributed by atoms with van der Waals surface area (Å²) < 4.78 is 0. The molecule has 0 N–H and O–H groups in total. The summed E-state index contributed by atoms with van der Waals surface area (Å²) in [6.07, 6.45) is 19.7. The number of allylic oxidation sites excluding steroid dienone is 6. The maximum absolute atomic E-state index is 2.34. The van der Waals surface area contributed by atoms with Crippen LogP contribution in [0.1, 0.15) is 73.6 Å². The van der Waals surface area contributed by atoms with E-state index < -0.39 is 0 Å². The zero-order valence-electron chi connectivity index (χ0n) is 15.4. The zero-order valence-corrected chi connectivity index (χ0v) is 15.4. The molecule has 0 amide bonds. The van der Waals surface area contributed by atoms with Crippen molar-refractivity contribution in [2.24, 2.45) is 0 Å². The van der Waals surface area contributed by atoms with Gasteiger partial charge in [0.1, 0.15) is 0 Å². The van der Waals surface area contributed by atoms with Gasteiger partial charge in [-0.2, -0.15) is 0 Å². The third kappa shape index (κ3) is 9.33. The molecule has 0 heterocycles. The second kappa shape index (κ2) is 16.8. The minimum absolute atomic E-state index is 1.17. The predicted molar refractivity (Wildman–Crippen MR) is 99.3 cm³/mol. The summed E-state index contributed by atoms with van der Waals surface area (Å²) in [5, 5.41) is 0. The van der Waals surface area contributed by atoms with Crippen LogP contribution in [-0.2, 0) is 0 Å². The summed E-state index contributed by atoms with van der Waals surface area (Å²) in [7, 11) is 2.16. The summed E-state index contributed by atoms with van der Waals surface area (Å²) in [5.41, 5.74) is 2.67. The second-order valence-corrected chi connectivity index (χ2v) is 4.13. The molecule has 0 saturated carbocycles. The fourth-order valence-electron chi connectivity index (χ4n) is 2.00. The first kappa shape index (κ1) is 22.0. The van der Waals surface area contributed by atoms with Gasteiger partial charge in [0.15, 0.2) is 0 Å². The summed E-state index contributed by atoms with van der Waals surface area (Å²) in [6, 6.07) is 0. The molecule has 0 atom stereocenters. The molecule has 0 saturated heterocycles. The lowest BCUT2D eigenvalue weighted by atomic mass is 10.1. The van der Waals surface area contributed by atoms with Crippen molar-refractivity contribution in [3.05, 3.63) is 47.9 Å². The molecule has 0 aliphatic heterocycles. The molecule has 0 radical (unpaired) electrons. The number of nitrogens with zero attached hydrogens (tertiary/aromatic N) is 1. The molecular weight excluding hydrogens is 254 g/mol. The predicted octanol–water partition coefficient (Wildman–Crippen LogP) is 6.85. The van der Waals surface area contributed by atoms with Crippen molar-refractivity contribution in [2.45, 2.75) is 73.6 Å². The first-order valence-electron chi connectivity index (χ1n) is 8.85. The molecule has 0 fully saturated rings. The van der Waals surface area contributed by atoms with Crippen molar-refractivity contribution in [3.8, 4) is 0 Å². The molecule has 2 aliphatic carbocycles. The highest BCUT2D eigenvalue weighted by Gasteiger charge is 2.07. The zero-order chi connectivity index (χ0) is 16.5. The van der Waals surface area contributed by atoms with Crippen LogP contribution in [0.3, 0.4) is 0 Å². The smallest absolute Gasteiger partial charge is 0.0364 e. The quantitative estimate of drug-likeness (QED) is 0.537. The van der Waals surface area contributed by atoms with E-state index in [9.17, 15) is 0 Å². The third-order valence-electron chi connectivity index (χ3n) is 2.97. The summed E-state index contributed by atoms with van der Waals surface area (Å²) in [4.78, 5) is 2.29. The fourth-order valence-corrected chi connectivity index (χ4v) is 2.00. The van der Waals surface area contributed by atoms with Gasteiger partial charge in [-0.15, -0.1) is 0 Å². The van der Waals surface area contributed by atoms with Crippen molar-refractivity contribution in [3.63, 3.8) is 0 Å². The Bertz CT molecular complexity index is 332. The minimum atomic E-state index is 1.17. The van der Waals surface area contributed by atoms with Crippen molar-refractivity contribution < 1.29 is 0 Å². The SMILES string of the molecule is CC.CC.CC.CN(C1=CCCC=C1)C1=CCCCC=C1. The summed E-state index contributed by atoms with van der Waals surface area (Å²) in [6.45, 7) is 12.0. The molecule has 0 unspecified atom stereocenters. The van der Waals surface area contributed by atoms with E-state index in [1.54, 1.807) is 0 Å². The first-order valence-corrected chi connectivity index (χ1v) is 8.85. The van der Waals surface area contributed by atoms with Crippen LogP contribution in [0.15, 0.2) is 47.9 Å². The average molecular weight is 292 g/mol. The molecular formula is C20H37N. The minimum Gasteiger partial charge on any atom is -0.345 e. The molecule has 0 spiro atoms. The van der Waals surface area contributed by atoms with Crippen LogP contribution < -0.4 is 0 Å². The summed E-state index contributed by atoms with van der Waals surface area (Å²) in [5.74, 6) is 0. The monoisotopic (exact) mass is 291 g/mol. The van der Waals surface area contributed by atoms with Crippen LogP contribution in [0.5, 0.6) is 0 Å². The van der Waals surface area contributed by atoms with E-state index in [1.165, 1.54) is 43.5 Å². The van der Waals surface area contributed by atoms with Crippen LogP contribution >= 0.6 is 0 Å². The van der Waals surface area contributed by atoms with E-state index in [2.05, 4.69) is 48.4 Å². The van der Waals surface area contributed by atoms with Crippen LogP contribution in [-0.4, -0.2) is 11.9 Å². The topological polar surface area (TPSA) is 3.24 Å². The van der Waals surface area contributed by atoms with Gasteiger partial charge in [-0.1, -0.05) is 65.8 Å². The Balaban J connectivity index is 0. The molecule has 2 aliphatic rings. The third-order valence-corrected chi connectivity index (χ3v) is 2.97. The molecule has 0 aromatic rings. The van der Waals surface area contributed by atoms with Gasteiger partial charge in [-0.25, -0.2) is 0 Å². The number of hydrogen-bond donors (Lipinski definition) is 0. The van der Waals surface area contributed by atoms with Gasteiger partial charge >= 0.3 is 0 Å². The van der Waals surface area contributed by atoms with Gasteiger partial charge in [0.2, 0.25) is 0 Å². The standard InChI is InChI=1S/C14H19N.3C2H6/c1-15(14-11-7-4-8-12-14)13-9-5-2-3-6-10-13;3*1-2/h5,7,9-12H,2-4,6,8H2,1H3;3*1-2H3. The Hall–Kier alpha value is -1.24. The maximum atomic E-state index is 2.34. The van der Waals surface area contributed by atoms with Gasteiger partial charge < -0.3 is 4.90 Å². The van der Waals surface area contributed by atoms with Gasteiger partial charge in [0, 0.05) is 18.4 Å². The van der Waals surface area contributed by atoms with Crippen molar-refractivity contribution >= 4 is 0 Å². The second-order valence-electron chi connectivity index (χ2n) is 4.13. The lowest BCUT2D eigenvalue weighted by Gasteiger charge is -2.23. The average Bonchev–Trinajstić information content (AvgIpc) is 2.90. The molecule has 0 bridgehead atoms.